The van der Waals surface area contributed by atoms with Gasteiger partial charge in [-0.05, 0) is 5.18 Å². The molecule has 7 heteroatoms. The van der Waals surface area contributed by atoms with Crippen molar-refractivity contribution in [3.63, 3.8) is 0 Å². The summed E-state index contributed by atoms with van der Waals surface area (Å²) in [7, 11) is 1.36. The summed E-state index contributed by atoms with van der Waals surface area (Å²) in [5.74, 6) is -1.38. The van der Waals surface area contributed by atoms with E-state index >= 15 is 0 Å². The molecule has 1 aromatic heterocycles. The molecule has 0 atom stereocenters. The fourth-order valence-corrected chi connectivity index (χ4v) is 0.754. The van der Waals surface area contributed by atoms with E-state index in [0.29, 0.717) is 0 Å². The molecule has 1 amide bonds. The predicted octanol–water partition coefficient (Wildman–Crippen LogP) is -0.378. The van der Waals surface area contributed by atoms with Gasteiger partial charge in [-0.1, -0.05) is 0 Å². The minimum atomic E-state index is -0.902. The first-order valence-electron chi connectivity index (χ1n) is 2.97. The SMILES string of the molecule is Cn1nc(C(N)=O)c(N=O)c1O. The zero-order valence-electron chi connectivity index (χ0n) is 6.18. The Morgan fingerprint density at radius 2 is 2.33 bits per heavy atom. The van der Waals surface area contributed by atoms with Crippen LogP contribution in [0.5, 0.6) is 5.88 Å². The van der Waals surface area contributed by atoms with Crippen molar-refractivity contribution < 1.29 is 9.90 Å². The highest BCUT2D eigenvalue weighted by Crippen LogP contribution is 2.28. The third-order valence-corrected chi connectivity index (χ3v) is 1.32. The summed E-state index contributed by atoms with van der Waals surface area (Å²) in [4.78, 5) is 20.7. The Hall–Kier alpha value is -1.92. The minimum Gasteiger partial charge on any atom is -0.492 e. The van der Waals surface area contributed by atoms with E-state index in [1.165, 1.54) is 7.05 Å². The van der Waals surface area contributed by atoms with Crippen molar-refractivity contribution >= 4 is 11.6 Å². The van der Waals surface area contributed by atoms with Gasteiger partial charge in [-0.3, -0.25) is 4.79 Å². The first-order valence-corrected chi connectivity index (χ1v) is 2.97. The average molecular weight is 170 g/mol. The van der Waals surface area contributed by atoms with Crippen molar-refractivity contribution in [1.82, 2.24) is 9.78 Å². The summed E-state index contributed by atoms with van der Waals surface area (Å²) in [5, 5.41) is 15.0. The summed E-state index contributed by atoms with van der Waals surface area (Å²) < 4.78 is 0.941. The number of hydrogen-bond acceptors (Lipinski definition) is 5. The summed E-state index contributed by atoms with van der Waals surface area (Å²) in [5.41, 5.74) is 4.09. The van der Waals surface area contributed by atoms with Crippen LogP contribution in [-0.2, 0) is 7.05 Å². The molecule has 3 N–H and O–H groups in total. The highest BCUT2D eigenvalue weighted by Gasteiger charge is 2.20. The molecule has 64 valence electrons. The van der Waals surface area contributed by atoms with Crippen molar-refractivity contribution in [2.45, 2.75) is 0 Å². The van der Waals surface area contributed by atoms with Crippen molar-refractivity contribution in [2.24, 2.45) is 18.0 Å². The van der Waals surface area contributed by atoms with E-state index in [2.05, 4.69) is 10.3 Å². The number of aromatic hydroxyl groups is 1. The Bertz CT molecular complexity index is 343. The van der Waals surface area contributed by atoms with E-state index in [1.807, 2.05) is 0 Å². The Morgan fingerprint density at radius 1 is 1.75 bits per heavy atom. The van der Waals surface area contributed by atoms with Gasteiger partial charge in [-0.25, -0.2) is 4.68 Å². The Labute approximate surface area is 66.8 Å². The fraction of sp³-hybridized carbons (Fsp3) is 0.200. The highest BCUT2D eigenvalue weighted by atomic mass is 16.3. The number of aromatic nitrogens is 2. The van der Waals surface area contributed by atoms with E-state index in [4.69, 9.17) is 10.8 Å². The second kappa shape index (κ2) is 2.61. The van der Waals surface area contributed by atoms with Gasteiger partial charge in [0, 0.05) is 7.05 Å². The van der Waals surface area contributed by atoms with Gasteiger partial charge < -0.3 is 10.8 Å². The van der Waals surface area contributed by atoms with Crippen LogP contribution >= 0.6 is 0 Å². The molecule has 0 saturated carbocycles. The second-order valence-corrected chi connectivity index (χ2v) is 2.10. The lowest BCUT2D eigenvalue weighted by Crippen LogP contribution is -2.12. The van der Waals surface area contributed by atoms with Gasteiger partial charge in [0.15, 0.2) is 5.69 Å². The third-order valence-electron chi connectivity index (χ3n) is 1.32. The molecule has 0 radical (unpaired) electrons. The summed E-state index contributed by atoms with van der Waals surface area (Å²) in [6, 6.07) is 0. The van der Waals surface area contributed by atoms with Gasteiger partial charge in [-0.15, -0.1) is 4.91 Å². The van der Waals surface area contributed by atoms with Crippen molar-refractivity contribution in [3.05, 3.63) is 10.6 Å². The maximum atomic E-state index is 10.6. The van der Waals surface area contributed by atoms with Gasteiger partial charge in [0.25, 0.3) is 5.91 Å². The molecule has 7 nitrogen and oxygen atoms in total. The van der Waals surface area contributed by atoms with Crippen LogP contribution < -0.4 is 5.73 Å². The molecule has 0 aliphatic carbocycles. The first-order chi connectivity index (χ1) is 5.57. The van der Waals surface area contributed by atoms with Crippen molar-refractivity contribution in [3.8, 4) is 5.88 Å². The number of carbonyl (C=O) groups is 1. The van der Waals surface area contributed by atoms with Crippen LogP contribution in [0.25, 0.3) is 0 Å². The average Bonchev–Trinajstić information content (AvgIpc) is 2.29. The zero-order valence-corrected chi connectivity index (χ0v) is 6.18. The van der Waals surface area contributed by atoms with Gasteiger partial charge >= 0.3 is 0 Å². The molecule has 0 fully saturated rings. The number of rotatable bonds is 2. The largest absolute Gasteiger partial charge is 0.492 e. The van der Waals surface area contributed by atoms with E-state index < -0.39 is 17.5 Å². The molecule has 1 aromatic rings. The van der Waals surface area contributed by atoms with E-state index in [-0.39, 0.29) is 5.69 Å². The molecular formula is C5H6N4O3. The van der Waals surface area contributed by atoms with Crippen LogP contribution in [0.15, 0.2) is 5.18 Å². The van der Waals surface area contributed by atoms with Crippen LogP contribution in [0.3, 0.4) is 0 Å². The molecule has 0 bridgehead atoms. The molecule has 1 heterocycles. The zero-order chi connectivity index (χ0) is 9.30. The maximum Gasteiger partial charge on any atom is 0.271 e. The van der Waals surface area contributed by atoms with Crippen molar-refractivity contribution in [1.29, 1.82) is 0 Å². The van der Waals surface area contributed by atoms with E-state index in [1.54, 1.807) is 0 Å². The van der Waals surface area contributed by atoms with Gasteiger partial charge in [0.05, 0.1) is 0 Å². The monoisotopic (exact) mass is 170 g/mol. The maximum absolute atomic E-state index is 10.6. The Kier molecular flexibility index (Phi) is 1.78. The summed E-state index contributed by atoms with van der Waals surface area (Å²) in [6.07, 6.45) is 0. The molecule has 0 unspecified atom stereocenters. The quantitative estimate of drug-likeness (QED) is 0.589. The predicted molar refractivity (Wildman–Crippen MR) is 38.8 cm³/mol. The van der Waals surface area contributed by atoms with E-state index in [9.17, 15) is 9.70 Å². The van der Waals surface area contributed by atoms with Crippen LogP contribution in [0, 0.1) is 4.91 Å². The third kappa shape index (κ3) is 1.00. The molecule has 0 aliphatic rings. The minimum absolute atomic E-state index is 0.329. The topological polar surface area (TPSA) is 111 Å². The second-order valence-electron chi connectivity index (χ2n) is 2.10. The normalized spacial score (nSPS) is 9.75. The number of nitrogens with zero attached hydrogens (tertiary/aromatic N) is 3. The molecule has 12 heavy (non-hydrogen) atoms. The van der Waals surface area contributed by atoms with E-state index in [0.717, 1.165) is 4.68 Å². The molecule has 0 aliphatic heterocycles. The molecule has 0 saturated heterocycles. The number of nitroso groups, excluding NO2 is 1. The number of amides is 1. The lowest BCUT2D eigenvalue weighted by molar-refractivity contribution is 0.0995. The smallest absolute Gasteiger partial charge is 0.271 e. The molecule has 0 spiro atoms. The lowest BCUT2D eigenvalue weighted by atomic mass is 10.3. The van der Waals surface area contributed by atoms with Crippen LogP contribution in [0.1, 0.15) is 10.5 Å². The first kappa shape index (κ1) is 8.18. The standard InChI is InChI=1S/C5H6N4O3/c1-9-5(11)3(8-12)2(7-9)4(6)10/h11H,1H3,(H2,6,10). The van der Waals surface area contributed by atoms with Gasteiger partial charge in [0.2, 0.25) is 11.6 Å². The highest BCUT2D eigenvalue weighted by molar-refractivity contribution is 5.96. The fourth-order valence-electron chi connectivity index (χ4n) is 0.754. The van der Waals surface area contributed by atoms with Crippen molar-refractivity contribution in [2.75, 3.05) is 0 Å². The molecule has 1 rings (SSSR count). The Balaban J connectivity index is 3.39. The molecule has 0 aromatic carbocycles. The van der Waals surface area contributed by atoms with Crippen LogP contribution in [0.2, 0.25) is 0 Å². The summed E-state index contributed by atoms with van der Waals surface area (Å²) >= 11 is 0. The van der Waals surface area contributed by atoms with Crippen LogP contribution in [-0.4, -0.2) is 20.8 Å². The van der Waals surface area contributed by atoms with Gasteiger partial charge in [0.1, 0.15) is 0 Å². The number of hydrogen-bond donors (Lipinski definition) is 2. The van der Waals surface area contributed by atoms with Crippen LogP contribution in [0.4, 0.5) is 5.69 Å². The number of nitrogens with two attached hydrogens (primary N) is 1. The van der Waals surface area contributed by atoms with Gasteiger partial charge in [-0.2, -0.15) is 5.10 Å². The lowest BCUT2D eigenvalue weighted by Gasteiger charge is -1.87. The summed E-state index contributed by atoms with van der Waals surface area (Å²) in [6.45, 7) is 0. The number of aryl methyl sites for hydroxylation is 1. The molecular weight excluding hydrogens is 164 g/mol. The Morgan fingerprint density at radius 3 is 2.67 bits per heavy atom. The number of primary amides is 1. The number of carbonyl (C=O) groups excluding carboxylic acids is 1.